The highest BCUT2D eigenvalue weighted by Gasteiger charge is 2.13. The van der Waals surface area contributed by atoms with Gasteiger partial charge < -0.3 is 15.3 Å². The van der Waals surface area contributed by atoms with E-state index in [-0.39, 0.29) is 0 Å². The fourth-order valence-electron chi connectivity index (χ4n) is 0.830. The maximum Gasteiger partial charge on any atom is 0.167 e. The second-order valence-corrected chi connectivity index (χ2v) is 2.19. The number of hydrogen-bond donors (Lipinski definition) is 3. The van der Waals surface area contributed by atoms with Crippen LogP contribution in [0.1, 0.15) is 21.3 Å². The number of aromatic hydroxyl groups is 3. The second-order valence-electron chi connectivity index (χ2n) is 2.19. The molecule has 0 spiro atoms. The number of Topliss-reactive ketones (excluding diaryl/α,β-unsaturated/α-hetero) is 1. The molecule has 0 heterocycles. The lowest BCUT2D eigenvalue weighted by molar-refractivity contribution is 0.101. The first-order valence-corrected chi connectivity index (χ1v) is 3.03. The van der Waals surface area contributed by atoms with Crippen LogP contribution in [0.25, 0.3) is 0 Å². The Morgan fingerprint density at radius 1 is 1.33 bits per heavy atom. The van der Waals surface area contributed by atoms with Crippen molar-refractivity contribution >= 4 is 5.78 Å². The maximum absolute atomic E-state index is 11.3. The highest BCUT2D eigenvalue weighted by atomic mass is 16.3. The number of carbonyl (C=O) groups is 1. The van der Waals surface area contributed by atoms with Gasteiger partial charge in [0, 0.05) is 16.2 Å². The molecule has 12 heavy (non-hydrogen) atoms. The van der Waals surface area contributed by atoms with Crippen LogP contribution in [0.3, 0.4) is 0 Å². The fraction of sp³-hybridized carbons (Fsp3) is 0.125. The van der Waals surface area contributed by atoms with Gasteiger partial charge in [-0.05, 0) is 6.85 Å². The highest BCUT2D eigenvalue weighted by molar-refractivity contribution is 5.99. The van der Waals surface area contributed by atoms with Crippen molar-refractivity contribution in [1.82, 2.24) is 0 Å². The van der Waals surface area contributed by atoms with Crippen molar-refractivity contribution in [2.24, 2.45) is 0 Å². The fourth-order valence-corrected chi connectivity index (χ4v) is 0.830. The molecule has 0 aliphatic carbocycles. The molecule has 4 nitrogen and oxygen atoms in total. The lowest BCUT2D eigenvalue weighted by Crippen LogP contribution is -1.92. The molecule has 0 bridgehead atoms. The summed E-state index contributed by atoms with van der Waals surface area (Å²) < 4.78 is 20.5. The molecule has 0 saturated heterocycles. The van der Waals surface area contributed by atoms with Crippen molar-refractivity contribution < 1.29 is 24.2 Å². The van der Waals surface area contributed by atoms with E-state index >= 15 is 0 Å². The van der Waals surface area contributed by atoms with Crippen molar-refractivity contribution in [1.29, 1.82) is 0 Å². The summed E-state index contributed by atoms with van der Waals surface area (Å²) in [6, 6.07) is 1.55. The van der Waals surface area contributed by atoms with Gasteiger partial charge in [0.25, 0.3) is 0 Å². The van der Waals surface area contributed by atoms with Crippen molar-refractivity contribution in [3.8, 4) is 17.2 Å². The molecule has 1 aromatic rings. The van der Waals surface area contributed by atoms with Crippen molar-refractivity contribution in [3.05, 3.63) is 17.7 Å². The zero-order valence-electron chi connectivity index (χ0n) is 8.90. The average Bonchev–Trinajstić information content (AvgIpc) is 1.99. The summed E-state index contributed by atoms with van der Waals surface area (Å²) >= 11 is 0. The number of ketones is 1. The molecular formula is C8H8O4. The first kappa shape index (κ1) is 5.03. The molecule has 64 valence electrons. The van der Waals surface area contributed by atoms with E-state index in [0.717, 1.165) is 12.1 Å². The van der Waals surface area contributed by atoms with Gasteiger partial charge in [-0.1, -0.05) is 0 Å². The SMILES string of the molecule is [2H]C([2H])([2H])C(=O)c1c(O)cc(O)cc1O. The molecule has 0 atom stereocenters. The van der Waals surface area contributed by atoms with Gasteiger partial charge in [-0.15, -0.1) is 0 Å². The van der Waals surface area contributed by atoms with Crippen LogP contribution in [-0.2, 0) is 0 Å². The summed E-state index contributed by atoms with van der Waals surface area (Å²) in [6.45, 7) is -2.95. The predicted molar refractivity (Wildman–Crippen MR) is 41.4 cm³/mol. The third-order valence-corrected chi connectivity index (χ3v) is 1.31. The zero-order chi connectivity index (χ0) is 11.8. The Bertz CT molecular complexity index is 388. The minimum atomic E-state index is -2.95. The second kappa shape index (κ2) is 2.73. The Morgan fingerprint density at radius 3 is 2.25 bits per heavy atom. The standard InChI is InChI=1S/C8H8O4/c1-4(9)8-6(11)2-5(10)3-7(8)12/h2-3,10-12H,1H3/i1D3. The smallest absolute Gasteiger partial charge is 0.167 e. The summed E-state index contributed by atoms with van der Waals surface area (Å²) in [4.78, 5) is 11.3. The first-order valence-electron chi connectivity index (χ1n) is 4.53. The van der Waals surface area contributed by atoms with Crippen LogP contribution < -0.4 is 0 Å². The number of carbonyl (C=O) groups excluding carboxylic acids is 1. The first-order chi connectivity index (χ1) is 6.73. The molecule has 1 rings (SSSR count). The highest BCUT2D eigenvalue weighted by Crippen LogP contribution is 2.31. The maximum atomic E-state index is 11.3. The van der Waals surface area contributed by atoms with Crippen LogP contribution in [0.15, 0.2) is 12.1 Å². The van der Waals surface area contributed by atoms with Gasteiger partial charge in [0.05, 0.1) is 0 Å². The number of benzene rings is 1. The summed E-state index contributed by atoms with van der Waals surface area (Å²) in [5.41, 5.74) is -0.715. The molecule has 0 fully saturated rings. The van der Waals surface area contributed by atoms with Gasteiger partial charge in [0.15, 0.2) is 5.78 Å². The van der Waals surface area contributed by atoms with Crippen LogP contribution in [0.2, 0.25) is 0 Å². The number of hydrogen-bond acceptors (Lipinski definition) is 4. The quantitative estimate of drug-likeness (QED) is 0.551. The van der Waals surface area contributed by atoms with E-state index in [0.29, 0.717) is 0 Å². The Morgan fingerprint density at radius 2 is 1.83 bits per heavy atom. The van der Waals surface area contributed by atoms with Crippen molar-refractivity contribution in [2.75, 3.05) is 0 Å². The Labute approximate surface area is 72.9 Å². The van der Waals surface area contributed by atoms with Gasteiger partial charge in [0.2, 0.25) is 0 Å². The van der Waals surface area contributed by atoms with Gasteiger partial charge in [-0.25, -0.2) is 0 Å². The van der Waals surface area contributed by atoms with E-state index in [9.17, 15) is 15.0 Å². The lowest BCUT2D eigenvalue weighted by Gasteiger charge is -2.03. The molecule has 0 aromatic heterocycles. The number of phenols is 3. The topological polar surface area (TPSA) is 77.8 Å². The van der Waals surface area contributed by atoms with Crippen LogP contribution in [0.4, 0.5) is 0 Å². The Balaban J connectivity index is 3.33. The average molecular weight is 171 g/mol. The number of rotatable bonds is 1. The molecule has 4 heteroatoms. The normalized spacial score (nSPS) is 14.5. The van der Waals surface area contributed by atoms with Crippen LogP contribution in [-0.4, -0.2) is 21.1 Å². The van der Waals surface area contributed by atoms with E-state index in [1.807, 2.05) is 0 Å². The summed E-state index contributed by atoms with van der Waals surface area (Å²) in [5, 5.41) is 27.4. The Hall–Kier alpha value is -1.71. The van der Waals surface area contributed by atoms with Gasteiger partial charge in [0.1, 0.15) is 22.8 Å². The Kier molecular flexibility index (Phi) is 1.14. The predicted octanol–water partition coefficient (Wildman–Crippen LogP) is 1.01. The summed E-state index contributed by atoms with van der Waals surface area (Å²) in [6.07, 6.45) is 0. The largest absolute Gasteiger partial charge is 0.508 e. The van der Waals surface area contributed by atoms with Crippen LogP contribution in [0.5, 0.6) is 17.2 Å². The molecule has 0 saturated carbocycles. The molecular weight excluding hydrogens is 160 g/mol. The monoisotopic (exact) mass is 171 g/mol. The van der Waals surface area contributed by atoms with E-state index < -0.39 is 35.4 Å². The molecule has 0 amide bonds. The van der Waals surface area contributed by atoms with E-state index in [1.54, 1.807) is 0 Å². The minimum Gasteiger partial charge on any atom is -0.508 e. The molecule has 3 N–H and O–H groups in total. The molecule has 0 unspecified atom stereocenters. The minimum absolute atomic E-state index is 0.466. The summed E-state index contributed by atoms with van der Waals surface area (Å²) in [7, 11) is 0. The molecule has 0 aliphatic rings. The van der Waals surface area contributed by atoms with Crippen molar-refractivity contribution in [2.45, 2.75) is 6.85 Å². The number of phenolic OH excluding ortho intramolecular Hbond substituents is 3. The van der Waals surface area contributed by atoms with E-state index in [4.69, 9.17) is 9.22 Å². The van der Waals surface area contributed by atoms with Crippen molar-refractivity contribution in [3.63, 3.8) is 0 Å². The van der Waals surface area contributed by atoms with Gasteiger partial charge >= 0.3 is 0 Å². The third kappa shape index (κ3) is 1.32. The van der Waals surface area contributed by atoms with Crippen LogP contribution >= 0.6 is 0 Å². The van der Waals surface area contributed by atoms with E-state index in [1.165, 1.54) is 0 Å². The third-order valence-electron chi connectivity index (χ3n) is 1.31. The van der Waals surface area contributed by atoms with Gasteiger partial charge in [-0.3, -0.25) is 4.79 Å². The summed E-state index contributed by atoms with van der Waals surface area (Å²) in [5.74, 6) is -3.38. The van der Waals surface area contributed by atoms with E-state index in [2.05, 4.69) is 0 Å². The lowest BCUT2D eigenvalue weighted by atomic mass is 10.1. The van der Waals surface area contributed by atoms with Crippen LogP contribution in [0, 0.1) is 0 Å². The molecule has 1 aromatic carbocycles. The van der Waals surface area contributed by atoms with Gasteiger partial charge in [-0.2, -0.15) is 0 Å². The molecule has 0 aliphatic heterocycles. The molecule has 0 radical (unpaired) electrons. The zero-order valence-corrected chi connectivity index (χ0v) is 5.90.